The third kappa shape index (κ3) is 6.78. The van der Waals surface area contributed by atoms with Crippen LogP contribution in [-0.4, -0.2) is 24.0 Å². The summed E-state index contributed by atoms with van der Waals surface area (Å²) in [7, 11) is -0.576. The van der Waals surface area contributed by atoms with Gasteiger partial charge in [0.2, 0.25) is 0 Å². The molecule has 1 aromatic rings. The largest absolute Gasteiger partial charge is 0.573 e. The second-order valence-electron chi connectivity index (χ2n) is 11.2. The van der Waals surface area contributed by atoms with Crippen LogP contribution in [0.2, 0.25) is 36.3 Å². The van der Waals surface area contributed by atoms with Gasteiger partial charge in [0.15, 0.2) is 11.6 Å². The van der Waals surface area contributed by atoms with Crippen LogP contribution in [0.1, 0.15) is 64.4 Å². The molecule has 1 aromatic carbocycles. The maximum absolute atomic E-state index is 15.9. The molecule has 0 amide bonds. The van der Waals surface area contributed by atoms with E-state index in [-0.39, 0.29) is 40.0 Å². The summed E-state index contributed by atoms with van der Waals surface area (Å²) in [5.41, 5.74) is 0.333. The van der Waals surface area contributed by atoms with Crippen molar-refractivity contribution in [2.45, 2.75) is 101 Å². The van der Waals surface area contributed by atoms with E-state index in [1.807, 2.05) is 0 Å². The van der Waals surface area contributed by atoms with Gasteiger partial charge < -0.3 is 4.74 Å². The molecule has 1 aliphatic carbocycles. The lowest BCUT2D eigenvalue weighted by Crippen LogP contribution is -2.42. The fraction of sp³-hybridized carbons (Fsp3) is 0.655. The van der Waals surface area contributed by atoms with Gasteiger partial charge in [-0.1, -0.05) is 107 Å². The Hall–Kier alpha value is -1.42. The minimum absolute atomic E-state index is 0.204. The minimum atomic E-state index is -4.98. The molecule has 2 radical (unpaired) electrons. The van der Waals surface area contributed by atoms with Gasteiger partial charge in [-0.25, -0.2) is 8.78 Å². The highest BCUT2D eigenvalue weighted by atomic mass is 28.3. The smallest absolute Gasteiger partial charge is 0.403 e. The van der Waals surface area contributed by atoms with Crippen LogP contribution in [0.4, 0.5) is 22.0 Å². The SMILES string of the molecule is CCC[Si]1CCC(C2(C3CC[Si](CCC)CC3)C=CC(c3ccc(OC(F)(F)F)c(F)c3)=C(F)C2)CC1. The van der Waals surface area contributed by atoms with Crippen LogP contribution < -0.4 is 4.74 Å². The summed E-state index contributed by atoms with van der Waals surface area (Å²) >= 11 is 0. The topological polar surface area (TPSA) is 9.23 Å². The van der Waals surface area contributed by atoms with Crippen molar-refractivity contribution in [2.75, 3.05) is 0 Å². The van der Waals surface area contributed by atoms with Gasteiger partial charge in [-0.15, -0.1) is 13.2 Å². The maximum Gasteiger partial charge on any atom is 0.573 e. The van der Waals surface area contributed by atoms with E-state index < -0.39 is 17.9 Å². The molecule has 0 atom stereocenters. The number of allylic oxidation sites excluding steroid dienone is 4. The van der Waals surface area contributed by atoms with Gasteiger partial charge >= 0.3 is 6.36 Å². The predicted octanol–water partition coefficient (Wildman–Crippen LogP) is 9.98. The molecule has 0 spiro atoms. The number of halogens is 5. The number of alkyl halides is 3. The van der Waals surface area contributed by atoms with Crippen molar-refractivity contribution in [3.63, 3.8) is 0 Å². The molecular formula is C29H39F5OSi2. The molecule has 0 bridgehead atoms. The van der Waals surface area contributed by atoms with Crippen molar-refractivity contribution < 1.29 is 26.7 Å². The Labute approximate surface area is 221 Å². The standard InChI is InChI=1S/C29H39F5OSi2/c1-3-13-36-15-8-22(9-16-36)28(23-10-17-37(14-4-2)18-11-23)12-7-24(26(31)20-28)21-5-6-27(25(30)19-21)35-29(32,33)34/h5-7,12,19,22-23H,3-4,8-11,13-18,20H2,1-2H3. The summed E-state index contributed by atoms with van der Waals surface area (Å²) in [5, 5.41) is 0. The van der Waals surface area contributed by atoms with E-state index in [0.29, 0.717) is 18.3 Å². The summed E-state index contributed by atoms with van der Waals surface area (Å²) in [6, 6.07) is 11.2. The third-order valence-electron chi connectivity index (χ3n) is 8.90. The first-order chi connectivity index (χ1) is 17.6. The third-order valence-corrected chi connectivity index (χ3v) is 15.3. The number of ether oxygens (including phenoxy) is 1. The lowest BCUT2D eigenvalue weighted by atomic mass is 9.59. The first kappa shape index (κ1) is 28.6. The van der Waals surface area contributed by atoms with E-state index in [1.54, 1.807) is 6.08 Å². The Morgan fingerprint density at radius 1 is 0.892 bits per heavy atom. The minimum Gasteiger partial charge on any atom is -0.403 e. The molecule has 0 saturated carbocycles. The van der Waals surface area contributed by atoms with Crippen molar-refractivity contribution in [2.24, 2.45) is 17.3 Å². The van der Waals surface area contributed by atoms with E-state index in [4.69, 9.17) is 0 Å². The summed E-state index contributed by atoms with van der Waals surface area (Å²) in [5.74, 6) is -1.38. The van der Waals surface area contributed by atoms with Crippen LogP contribution in [0.5, 0.6) is 5.75 Å². The van der Waals surface area contributed by atoms with E-state index in [1.165, 1.54) is 80.9 Å². The fourth-order valence-corrected chi connectivity index (χ4v) is 13.0. The molecule has 2 aliphatic heterocycles. The van der Waals surface area contributed by atoms with E-state index in [2.05, 4.69) is 24.7 Å². The summed E-state index contributed by atoms with van der Waals surface area (Å²) in [4.78, 5) is 0. The summed E-state index contributed by atoms with van der Waals surface area (Å²) in [6.07, 6.45) is 6.55. The second kappa shape index (κ2) is 12.2. The van der Waals surface area contributed by atoms with Crippen molar-refractivity contribution in [3.05, 3.63) is 47.6 Å². The molecule has 0 aromatic heterocycles. The van der Waals surface area contributed by atoms with Gasteiger partial charge in [0.05, 0.1) is 0 Å². The molecule has 0 unspecified atom stereocenters. The molecule has 1 nitrogen and oxygen atoms in total. The Kier molecular flexibility index (Phi) is 9.41. The van der Waals surface area contributed by atoms with Gasteiger partial charge in [-0.05, 0) is 29.5 Å². The van der Waals surface area contributed by atoms with Gasteiger partial charge in [0.25, 0.3) is 0 Å². The van der Waals surface area contributed by atoms with Crippen molar-refractivity contribution in [1.82, 2.24) is 0 Å². The zero-order valence-electron chi connectivity index (χ0n) is 22.0. The molecule has 4 rings (SSSR count). The lowest BCUT2D eigenvalue weighted by Gasteiger charge is -2.50. The predicted molar refractivity (Wildman–Crippen MR) is 144 cm³/mol. The van der Waals surface area contributed by atoms with E-state index in [9.17, 15) is 17.6 Å². The first-order valence-electron chi connectivity index (χ1n) is 14.0. The van der Waals surface area contributed by atoms with Crippen LogP contribution in [0, 0.1) is 23.1 Å². The first-order valence-corrected chi connectivity index (χ1v) is 18.2. The van der Waals surface area contributed by atoms with Crippen LogP contribution in [0.25, 0.3) is 5.57 Å². The summed E-state index contributed by atoms with van der Waals surface area (Å²) < 4.78 is 71.7. The number of rotatable bonds is 8. The number of hydrogen-bond acceptors (Lipinski definition) is 1. The van der Waals surface area contributed by atoms with Crippen LogP contribution in [-0.2, 0) is 0 Å². The van der Waals surface area contributed by atoms with Gasteiger partial charge in [0.1, 0.15) is 5.83 Å². The molecular weight excluding hydrogens is 515 g/mol. The average Bonchev–Trinajstić information content (AvgIpc) is 2.86. The molecule has 8 heteroatoms. The van der Waals surface area contributed by atoms with Crippen molar-refractivity contribution in [1.29, 1.82) is 0 Å². The van der Waals surface area contributed by atoms with Crippen molar-refractivity contribution >= 4 is 23.2 Å². The van der Waals surface area contributed by atoms with Crippen LogP contribution in [0.3, 0.4) is 0 Å². The Morgan fingerprint density at radius 2 is 1.43 bits per heavy atom. The molecule has 2 saturated heterocycles. The monoisotopic (exact) mass is 554 g/mol. The molecule has 2 fully saturated rings. The highest BCUT2D eigenvalue weighted by molar-refractivity contribution is 6.59. The molecule has 37 heavy (non-hydrogen) atoms. The molecule has 204 valence electrons. The quantitative estimate of drug-likeness (QED) is 0.229. The average molecular weight is 555 g/mol. The Morgan fingerprint density at radius 3 is 1.86 bits per heavy atom. The summed E-state index contributed by atoms with van der Waals surface area (Å²) in [6.45, 7) is 4.53. The van der Waals surface area contributed by atoms with E-state index in [0.717, 1.165) is 12.1 Å². The maximum atomic E-state index is 15.9. The van der Waals surface area contributed by atoms with Gasteiger partial charge in [-0.3, -0.25) is 0 Å². The number of hydrogen-bond donors (Lipinski definition) is 0. The highest BCUT2D eigenvalue weighted by Crippen LogP contribution is 2.56. The molecule has 3 aliphatic rings. The molecule has 2 heterocycles. The lowest BCUT2D eigenvalue weighted by molar-refractivity contribution is -0.275. The molecule has 0 N–H and O–H groups in total. The van der Waals surface area contributed by atoms with Gasteiger partial charge in [-0.2, -0.15) is 0 Å². The Balaban J connectivity index is 1.58. The van der Waals surface area contributed by atoms with Crippen LogP contribution >= 0.6 is 0 Å². The number of benzene rings is 1. The van der Waals surface area contributed by atoms with Gasteiger partial charge in [0, 0.05) is 35.0 Å². The van der Waals surface area contributed by atoms with E-state index >= 15 is 4.39 Å². The fourth-order valence-electron chi connectivity index (χ4n) is 7.11. The second-order valence-corrected chi connectivity index (χ2v) is 17.2. The normalized spacial score (nSPS) is 22.6. The highest BCUT2D eigenvalue weighted by Gasteiger charge is 2.47. The van der Waals surface area contributed by atoms with Crippen LogP contribution in [0.15, 0.2) is 36.2 Å². The zero-order chi connectivity index (χ0) is 26.6. The van der Waals surface area contributed by atoms with Crippen molar-refractivity contribution in [3.8, 4) is 5.75 Å². The zero-order valence-corrected chi connectivity index (χ0v) is 24.0. The Bertz CT molecular complexity index is 947.